The second kappa shape index (κ2) is 10.5. The Morgan fingerprint density at radius 3 is 2.42 bits per heavy atom. The third-order valence-electron chi connectivity index (χ3n) is 5.06. The Labute approximate surface area is 191 Å². The van der Waals surface area contributed by atoms with Crippen LogP contribution < -0.4 is 25.2 Å². The Kier molecular flexibility index (Phi) is 7.50. The molecule has 0 radical (unpaired) electrons. The highest BCUT2D eigenvalue weighted by molar-refractivity contribution is 6.39. The van der Waals surface area contributed by atoms with Crippen LogP contribution in [0.15, 0.2) is 47.5 Å². The van der Waals surface area contributed by atoms with E-state index in [0.29, 0.717) is 22.7 Å². The normalized spacial score (nSPS) is 14.0. The molecule has 2 aromatic carbocycles. The van der Waals surface area contributed by atoms with E-state index in [2.05, 4.69) is 15.7 Å². The molecule has 33 heavy (non-hydrogen) atoms. The van der Waals surface area contributed by atoms with Gasteiger partial charge in [-0.1, -0.05) is 23.8 Å². The molecule has 2 aromatic rings. The maximum atomic E-state index is 13.0. The van der Waals surface area contributed by atoms with E-state index in [-0.39, 0.29) is 24.7 Å². The van der Waals surface area contributed by atoms with Gasteiger partial charge in [0.1, 0.15) is 6.54 Å². The minimum atomic E-state index is -0.736. The van der Waals surface area contributed by atoms with Crippen molar-refractivity contribution in [1.82, 2.24) is 10.7 Å². The largest absolute Gasteiger partial charge is 0.493 e. The molecule has 1 aliphatic heterocycles. The molecule has 0 fully saturated rings. The molecule has 0 aromatic heterocycles. The van der Waals surface area contributed by atoms with Crippen LogP contribution in [0.3, 0.4) is 0 Å². The standard InChI is InChI=1S/C23H26N4O6/c1-14-5-8-16(9-6-14)27-20(28)13-24-22(26-27)23(30)25-17(12-21(29)33-4)15-7-10-18(31-2)19(11-15)32-3/h5-11,17H,12-13H2,1-4H3,(H,24,26)(H,25,30). The lowest BCUT2D eigenvalue weighted by atomic mass is 10.0. The number of nitrogens with zero attached hydrogens (tertiary/aromatic N) is 2. The summed E-state index contributed by atoms with van der Waals surface area (Å²) in [7, 11) is 4.28. The van der Waals surface area contributed by atoms with Gasteiger partial charge in [-0.15, -0.1) is 0 Å². The molecule has 2 N–H and O–H groups in total. The van der Waals surface area contributed by atoms with Gasteiger partial charge in [0.15, 0.2) is 11.5 Å². The van der Waals surface area contributed by atoms with Gasteiger partial charge < -0.3 is 19.5 Å². The number of amidine groups is 1. The SMILES string of the molecule is COC(=O)CC(NC(=O)C1=NCC(=O)N(c2ccc(C)cc2)N1)c1ccc(OC)c(OC)c1. The highest BCUT2D eigenvalue weighted by Gasteiger charge is 2.28. The summed E-state index contributed by atoms with van der Waals surface area (Å²) in [5, 5.41) is 4.06. The zero-order chi connectivity index (χ0) is 24.0. The molecule has 0 saturated heterocycles. The highest BCUT2D eigenvalue weighted by Crippen LogP contribution is 2.31. The fourth-order valence-electron chi connectivity index (χ4n) is 3.24. The topological polar surface area (TPSA) is 119 Å². The monoisotopic (exact) mass is 454 g/mol. The first-order valence-electron chi connectivity index (χ1n) is 10.2. The molecule has 0 bridgehead atoms. The number of aliphatic imine (C=N–C) groups is 1. The fraction of sp³-hybridized carbons (Fsp3) is 0.304. The number of rotatable bonds is 8. The molecule has 3 rings (SSSR count). The summed E-state index contributed by atoms with van der Waals surface area (Å²) in [5.41, 5.74) is 4.99. The summed E-state index contributed by atoms with van der Waals surface area (Å²) in [5.74, 6) is -0.487. The van der Waals surface area contributed by atoms with Gasteiger partial charge >= 0.3 is 5.97 Å². The number of ether oxygens (including phenoxy) is 3. The predicted octanol–water partition coefficient (Wildman–Crippen LogP) is 1.68. The van der Waals surface area contributed by atoms with Crippen molar-refractivity contribution in [3.8, 4) is 11.5 Å². The van der Waals surface area contributed by atoms with E-state index in [9.17, 15) is 14.4 Å². The van der Waals surface area contributed by atoms with Gasteiger partial charge in [-0.05, 0) is 36.8 Å². The van der Waals surface area contributed by atoms with Crippen molar-refractivity contribution in [2.45, 2.75) is 19.4 Å². The summed E-state index contributed by atoms with van der Waals surface area (Å²) in [6, 6.07) is 11.6. The number of hydrogen-bond donors (Lipinski definition) is 2. The van der Waals surface area contributed by atoms with E-state index in [4.69, 9.17) is 14.2 Å². The third-order valence-corrected chi connectivity index (χ3v) is 5.06. The lowest BCUT2D eigenvalue weighted by Gasteiger charge is -2.28. The van der Waals surface area contributed by atoms with Gasteiger partial charge in [0.05, 0.1) is 39.5 Å². The average molecular weight is 454 g/mol. The second-order valence-corrected chi connectivity index (χ2v) is 7.26. The number of aryl methyl sites for hydroxylation is 1. The average Bonchev–Trinajstić information content (AvgIpc) is 2.83. The molecule has 1 unspecified atom stereocenters. The van der Waals surface area contributed by atoms with E-state index >= 15 is 0 Å². The number of methoxy groups -OCH3 is 3. The fourth-order valence-corrected chi connectivity index (χ4v) is 3.24. The predicted molar refractivity (Wildman–Crippen MR) is 121 cm³/mol. The Morgan fingerprint density at radius 2 is 1.79 bits per heavy atom. The summed E-state index contributed by atoms with van der Waals surface area (Å²) in [4.78, 5) is 41.4. The van der Waals surface area contributed by atoms with Crippen molar-refractivity contribution in [3.63, 3.8) is 0 Å². The Morgan fingerprint density at radius 1 is 1.09 bits per heavy atom. The minimum absolute atomic E-state index is 0.0504. The van der Waals surface area contributed by atoms with Crippen LogP contribution in [0, 0.1) is 6.92 Å². The van der Waals surface area contributed by atoms with Crippen LogP contribution in [-0.2, 0) is 19.1 Å². The maximum Gasteiger partial charge on any atom is 0.307 e. The van der Waals surface area contributed by atoms with Crippen molar-refractivity contribution < 1.29 is 28.6 Å². The van der Waals surface area contributed by atoms with Crippen LogP contribution in [0.2, 0.25) is 0 Å². The van der Waals surface area contributed by atoms with Crippen LogP contribution in [0.1, 0.15) is 23.6 Å². The van der Waals surface area contributed by atoms with E-state index in [1.165, 1.54) is 26.3 Å². The molecule has 2 amide bonds. The molecule has 174 valence electrons. The van der Waals surface area contributed by atoms with Crippen molar-refractivity contribution >= 4 is 29.3 Å². The minimum Gasteiger partial charge on any atom is -0.493 e. The van der Waals surface area contributed by atoms with E-state index in [1.54, 1.807) is 30.3 Å². The third kappa shape index (κ3) is 5.59. The first-order chi connectivity index (χ1) is 15.9. The Balaban J connectivity index is 1.82. The van der Waals surface area contributed by atoms with Gasteiger partial charge in [-0.3, -0.25) is 24.8 Å². The molecule has 1 aliphatic rings. The molecule has 1 heterocycles. The van der Waals surface area contributed by atoms with Crippen LogP contribution >= 0.6 is 0 Å². The number of hydrazine groups is 1. The molecular formula is C23H26N4O6. The summed E-state index contributed by atoms with van der Waals surface area (Å²) in [6.07, 6.45) is -0.119. The number of carbonyl (C=O) groups excluding carboxylic acids is 3. The number of nitrogens with one attached hydrogen (secondary N) is 2. The van der Waals surface area contributed by atoms with Crippen molar-refractivity contribution in [1.29, 1.82) is 0 Å². The number of carbonyl (C=O) groups is 3. The second-order valence-electron chi connectivity index (χ2n) is 7.26. The number of anilines is 1. The van der Waals surface area contributed by atoms with Crippen LogP contribution in [0.25, 0.3) is 0 Å². The summed E-state index contributed by atoms with van der Waals surface area (Å²) < 4.78 is 15.4. The van der Waals surface area contributed by atoms with Crippen LogP contribution in [0.5, 0.6) is 11.5 Å². The highest BCUT2D eigenvalue weighted by atomic mass is 16.5. The number of amides is 2. The first-order valence-corrected chi connectivity index (χ1v) is 10.2. The molecule has 0 saturated carbocycles. The van der Waals surface area contributed by atoms with Gasteiger partial charge in [-0.25, -0.2) is 5.01 Å². The number of esters is 1. The summed E-state index contributed by atoms with van der Waals surface area (Å²) >= 11 is 0. The Bertz CT molecular complexity index is 1070. The molecule has 10 nitrogen and oxygen atoms in total. The van der Waals surface area contributed by atoms with Crippen LogP contribution in [-0.4, -0.2) is 51.5 Å². The Hall–Kier alpha value is -4.08. The molecule has 10 heteroatoms. The van der Waals surface area contributed by atoms with Gasteiger partial charge in [0.2, 0.25) is 5.84 Å². The van der Waals surface area contributed by atoms with E-state index in [1.807, 2.05) is 19.1 Å². The lowest BCUT2D eigenvalue weighted by Crippen LogP contribution is -2.56. The van der Waals surface area contributed by atoms with Gasteiger partial charge in [0, 0.05) is 0 Å². The van der Waals surface area contributed by atoms with E-state index < -0.39 is 17.9 Å². The van der Waals surface area contributed by atoms with Gasteiger partial charge in [0.25, 0.3) is 11.8 Å². The first kappa shape index (κ1) is 23.6. The van der Waals surface area contributed by atoms with E-state index in [0.717, 1.165) is 5.56 Å². The van der Waals surface area contributed by atoms with Crippen molar-refractivity contribution in [2.75, 3.05) is 32.9 Å². The quantitative estimate of drug-likeness (QED) is 0.583. The maximum absolute atomic E-state index is 13.0. The van der Waals surface area contributed by atoms with Crippen molar-refractivity contribution in [3.05, 3.63) is 53.6 Å². The molecule has 1 atom stereocenters. The molecular weight excluding hydrogens is 428 g/mol. The summed E-state index contributed by atoms with van der Waals surface area (Å²) in [6.45, 7) is 1.74. The van der Waals surface area contributed by atoms with Crippen LogP contribution in [0.4, 0.5) is 5.69 Å². The van der Waals surface area contributed by atoms with Gasteiger partial charge in [-0.2, -0.15) is 0 Å². The zero-order valence-corrected chi connectivity index (χ0v) is 18.9. The smallest absolute Gasteiger partial charge is 0.307 e. The number of benzene rings is 2. The lowest BCUT2D eigenvalue weighted by molar-refractivity contribution is -0.141. The molecule has 0 aliphatic carbocycles. The molecule has 0 spiro atoms. The van der Waals surface area contributed by atoms with Crippen molar-refractivity contribution in [2.24, 2.45) is 4.99 Å². The number of hydrogen-bond acceptors (Lipinski definition) is 8. The zero-order valence-electron chi connectivity index (χ0n) is 18.9.